The highest BCUT2D eigenvalue weighted by atomic mass is 16.5. The van der Waals surface area contributed by atoms with Crippen molar-refractivity contribution in [2.45, 2.75) is 90.2 Å². The highest BCUT2D eigenvalue weighted by molar-refractivity contribution is 5.99. The van der Waals surface area contributed by atoms with Gasteiger partial charge >= 0.3 is 0 Å². The zero-order valence-electron chi connectivity index (χ0n) is 25.0. The molecule has 2 bridgehead atoms. The zero-order chi connectivity index (χ0) is 28.7. The van der Waals surface area contributed by atoms with E-state index in [0.717, 1.165) is 91.5 Å². The second-order valence-corrected chi connectivity index (χ2v) is 12.2. The van der Waals surface area contributed by atoms with Crippen LogP contribution in [0, 0.1) is 6.92 Å². The van der Waals surface area contributed by atoms with Crippen LogP contribution in [-0.2, 0) is 14.3 Å². The van der Waals surface area contributed by atoms with E-state index in [1.807, 2.05) is 6.92 Å². The molecule has 11 heteroatoms. The van der Waals surface area contributed by atoms with E-state index in [1.54, 1.807) is 0 Å². The Bertz CT molecular complexity index is 1290. The van der Waals surface area contributed by atoms with Gasteiger partial charge in [-0.05, 0) is 38.5 Å². The van der Waals surface area contributed by atoms with Crippen molar-refractivity contribution in [2.24, 2.45) is 0 Å². The molecule has 4 aliphatic heterocycles. The van der Waals surface area contributed by atoms with Crippen LogP contribution in [0.5, 0.6) is 5.75 Å². The average molecular weight is 566 g/mol. The number of aryl methyl sites for hydroxylation is 1. The van der Waals surface area contributed by atoms with E-state index in [4.69, 9.17) is 34.1 Å². The van der Waals surface area contributed by atoms with Crippen LogP contribution in [0.25, 0.3) is 0 Å². The van der Waals surface area contributed by atoms with Crippen molar-refractivity contribution in [2.75, 3.05) is 61.2 Å². The van der Waals surface area contributed by atoms with Crippen LogP contribution < -0.4 is 19.9 Å². The fraction of sp³-hybridized carbons (Fsp3) is 0.700. The van der Waals surface area contributed by atoms with Gasteiger partial charge in [0.2, 0.25) is 0 Å². The molecule has 6 rings (SSSR count). The summed E-state index contributed by atoms with van der Waals surface area (Å²) in [6, 6.07) is 0.193. The molecule has 4 unspecified atom stereocenters. The molecule has 0 spiro atoms. The number of nitrogens with zero attached hydrogens (tertiary/aromatic N) is 6. The van der Waals surface area contributed by atoms with Crippen molar-refractivity contribution in [1.29, 1.82) is 0 Å². The molecule has 6 heterocycles. The van der Waals surface area contributed by atoms with Gasteiger partial charge in [0.15, 0.2) is 23.5 Å². The van der Waals surface area contributed by atoms with Crippen LogP contribution in [-0.4, -0.2) is 84.1 Å². The van der Waals surface area contributed by atoms with Gasteiger partial charge in [-0.1, -0.05) is 27.7 Å². The first-order valence-corrected chi connectivity index (χ1v) is 15.2. The summed E-state index contributed by atoms with van der Waals surface area (Å²) in [7, 11) is 0. The highest BCUT2D eigenvalue weighted by Gasteiger charge is 2.36. The molecule has 222 valence electrons. The fourth-order valence-corrected chi connectivity index (χ4v) is 6.28. The molecular weight excluding hydrogens is 522 g/mol. The SMILES string of the molecule is Cc1nc(C(C)CCC(C)c2nc(C(C)C)c3c(n2)N2CCCOC(C2)C(=O)N3)c2c(n1)N1CCCOCC1CO2. The maximum absolute atomic E-state index is 12.9. The van der Waals surface area contributed by atoms with Gasteiger partial charge in [-0.3, -0.25) is 4.79 Å². The molecular formula is C30H43N7O4. The molecule has 2 aromatic heterocycles. The monoisotopic (exact) mass is 565 g/mol. The molecule has 2 aromatic rings. The average Bonchev–Trinajstić information content (AvgIpc) is 3.41. The quantitative estimate of drug-likeness (QED) is 0.553. The number of carbonyl (C=O) groups excluding carboxylic acids is 1. The number of nitrogens with one attached hydrogen (secondary N) is 1. The maximum Gasteiger partial charge on any atom is 0.255 e. The van der Waals surface area contributed by atoms with E-state index in [9.17, 15) is 4.79 Å². The number of hydrogen-bond donors (Lipinski definition) is 1. The number of rotatable bonds is 6. The summed E-state index contributed by atoms with van der Waals surface area (Å²) in [6.07, 6.45) is 3.16. The smallest absolute Gasteiger partial charge is 0.255 e. The third-order valence-electron chi connectivity index (χ3n) is 8.66. The largest absolute Gasteiger partial charge is 0.486 e. The van der Waals surface area contributed by atoms with E-state index < -0.39 is 6.10 Å². The molecule has 4 atom stereocenters. The second-order valence-electron chi connectivity index (χ2n) is 12.2. The molecule has 0 saturated carbocycles. The van der Waals surface area contributed by atoms with Crippen molar-refractivity contribution in [3.8, 4) is 5.75 Å². The molecule has 2 saturated heterocycles. The molecule has 1 N–H and O–H groups in total. The predicted octanol–water partition coefficient (Wildman–Crippen LogP) is 3.92. The Morgan fingerprint density at radius 1 is 0.927 bits per heavy atom. The number of hydrogen-bond acceptors (Lipinski definition) is 10. The van der Waals surface area contributed by atoms with E-state index in [0.29, 0.717) is 26.4 Å². The summed E-state index contributed by atoms with van der Waals surface area (Å²) in [5.41, 5.74) is 2.60. The molecule has 0 aromatic carbocycles. The van der Waals surface area contributed by atoms with Gasteiger partial charge in [0.25, 0.3) is 5.91 Å². The Morgan fingerprint density at radius 2 is 1.73 bits per heavy atom. The first kappa shape index (κ1) is 28.1. The van der Waals surface area contributed by atoms with Gasteiger partial charge in [-0.25, -0.2) is 19.9 Å². The molecule has 41 heavy (non-hydrogen) atoms. The summed E-state index contributed by atoms with van der Waals surface area (Å²) >= 11 is 0. The minimum atomic E-state index is -0.491. The summed E-state index contributed by atoms with van der Waals surface area (Å²) in [5, 5.41) is 3.10. The standard InChI is InChI=1S/C30H43N7O4/c1-17(2)23-25-28(36-10-6-13-40-22(14-36)30(38)34-25)35-27(33-23)19(4)9-8-18(3)24-26-29(32-20(5)31-24)37-11-7-12-39-15-21(37)16-41-26/h17-19,21-22H,6-16H2,1-5H3,(H,34,38). The lowest BCUT2D eigenvalue weighted by Gasteiger charge is -2.37. The maximum atomic E-state index is 12.9. The minimum Gasteiger partial charge on any atom is -0.486 e. The van der Waals surface area contributed by atoms with Crippen LogP contribution >= 0.6 is 0 Å². The van der Waals surface area contributed by atoms with Gasteiger partial charge < -0.3 is 29.3 Å². The van der Waals surface area contributed by atoms with E-state index in [1.165, 1.54) is 0 Å². The van der Waals surface area contributed by atoms with E-state index >= 15 is 0 Å². The van der Waals surface area contributed by atoms with Gasteiger partial charge in [0.05, 0.1) is 30.6 Å². The Balaban J connectivity index is 1.24. The van der Waals surface area contributed by atoms with Gasteiger partial charge in [-0.2, -0.15) is 0 Å². The van der Waals surface area contributed by atoms with Gasteiger partial charge in [0.1, 0.15) is 23.9 Å². The van der Waals surface area contributed by atoms with Crippen LogP contribution in [0.1, 0.15) is 94.2 Å². The topological polar surface area (TPSA) is 115 Å². The Kier molecular flexibility index (Phi) is 8.00. The third-order valence-corrected chi connectivity index (χ3v) is 8.66. The lowest BCUT2D eigenvalue weighted by Crippen LogP contribution is -2.46. The summed E-state index contributed by atoms with van der Waals surface area (Å²) in [4.78, 5) is 37.3. The van der Waals surface area contributed by atoms with Crippen molar-refractivity contribution in [3.05, 3.63) is 23.0 Å². The lowest BCUT2D eigenvalue weighted by atomic mass is 9.94. The molecule has 0 aliphatic carbocycles. The van der Waals surface area contributed by atoms with Crippen LogP contribution in [0.15, 0.2) is 0 Å². The van der Waals surface area contributed by atoms with Gasteiger partial charge in [0, 0.05) is 38.1 Å². The third kappa shape index (κ3) is 5.58. The number of ether oxygens (including phenoxy) is 3. The van der Waals surface area contributed by atoms with Crippen molar-refractivity contribution >= 4 is 23.2 Å². The number of aromatic nitrogens is 4. The van der Waals surface area contributed by atoms with Gasteiger partial charge in [-0.15, -0.1) is 0 Å². The van der Waals surface area contributed by atoms with Crippen molar-refractivity contribution < 1.29 is 19.0 Å². The number of fused-ring (bicyclic) bond motifs is 7. The predicted molar refractivity (Wildman–Crippen MR) is 156 cm³/mol. The van der Waals surface area contributed by atoms with Crippen LogP contribution in [0.2, 0.25) is 0 Å². The zero-order valence-corrected chi connectivity index (χ0v) is 25.0. The Morgan fingerprint density at radius 3 is 2.56 bits per heavy atom. The fourth-order valence-electron chi connectivity index (χ4n) is 6.28. The molecule has 11 nitrogen and oxygen atoms in total. The van der Waals surface area contributed by atoms with Crippen LogP contribution in [0.3, 0.4) is 0 Å². The van der Waals surface area contributed by atoms with Crippen molar-refractivity contribution in [1.82, 2.24) is 19.9 Å². The van der Waals surface area contributed by atoms with Crippen molar-refractivity contribution in [3.63, 3.8) is 0 Å². The van der Waals surface area contributed by atoms with E-state index in [-0.39, 0.29) is 29.7 Å². The molecule has 4 aliphatic rings. The first-order valence-electron chi connectivity index (χ1n) is 15.2. The minimum absolute atomic E-state index is 0.111. The molecule has 2 fully saturated rings. The first-order chi connectivity index (χ1) is 19.8. The van der Waals surface area contributed by atoms with Crippen LogP contribution in [0.4, 0.5) is 17.3 Å². The summed E-state index contributed by atoms with van der Waals surface area (Å²) in [6.45, 7) is 15.5. The number of anilines is 3. The Labute approximate surface area is 242 Å². The normalized spacial score (nSPS) is 23.7. The second kappa shape index (κ2) is 11.7. The summed E-state index contributed by atoms with van der Waals surface area (Å²) < 4.78 is 17.9. The number of amides is 1. The summed E-state index contributed by atoms with van der Waals surface area (Å²) in [5.74, 6) is 4.49. The van der Waals surface area contributed by atoms with E-state index in [2.05, 4.69) is 42.8 Å². The molecule has 0 radical (unpaired) electrons. The highest BCUT2D eigenvalue weighted by Crippen LogP contribution is 2.41. The number of carbonyl (C=O) groups is 1. The Hall–Kier alpha value is -3.05. The molecule has 1 amide bonds. The lowest BCUT2D eigenvalue weighted by molar-refractivity contribution is -0.126.